The zero-order valence-electron chi connectivity index (χ0n) is 9.95. The average Bonchev–Trinajstić information content (AvgIpc) is 2.26. The van der Waals surface area contributed by atoms with Gasteiger partial charge in [-0.05, 0) is 36.8 Å². The maximum atomic E-state index is 5.61. The summed E-state index contributed by atoms with van der Waals surface area (Å²) in [7, 11) is 0. The minimum atomic E-state index is 0.397. The Balaban J connectivity index is 1.95. The van der Waals surface area contributed by atoms with Crippen LogP contribution in [-0.2, 0) is 12.8 Å². The van der Waals surface area contributed by atoms with Gasteiger partial charge in [0.15, 0.2) is 0 Å². The molecule has 0 bridgehead atoms. The van der Waals surface area contributed by atoms with E-state index in [0.717, 1.165) is 24.5 Å². The molecule has 1 aliphatic carbocycles. The lowest BCUT2D eigenvalue weighted by Crippen LogP contribution is -2.45. The van der Waals surface area contributed by atoms with Gasteiger partial charge >= 0.3 is 0 Å². The van der Waals surface area contributed by atoms with Gasteiger partial charge < -0.3 is 0 Å². The van der Waals surface area contributed by atoms with Crippen LogP contribution in [0.3, 0.4) is 0 Å². The predicted octanol–water partition coefficient (Wildman–Crippen LogP) is 1.82. The zero-order valence-corrected chi connectivity index (χ0v) is 9.95. The second-order valence-corrected chi connectivity index (χ2v) is 4.68. The van der Waals surface area contributed by atoms with Gasteiger partial charge in [0.1, 0.15) is 0 Å². The molecule has 88 valence electrons. The van der Waals surface area contributed by atoms with Gasteiger partial charge in [-0.15, -0.1) is 0 Å². The van der Waals surface area contributed by atoms with E-state index in [1.165, 1.54) is 24.8 Å². The van der Waals surface area contributed by atoms with Crippen molar-refractivity contribution in [2.45, 2.75) is 45.1 Å². The number of nitrogens with one attached hydrogen (secondary N) is 1. The number of nitrogens with two attached hydrogens (primary N) is 1. The SMILES string of the molecule is CCc1ccc(CC(NN)C2CCC2)nc1. The molecule has 1 atom stereocenters. The summed E-state index contributed by atoms with van der Waals surface area (Å²) in [6, 6.07) is 4.69. The molecule has 3 nitrogen and oxygen atoms in total. The average molecular weight is 219 g/mol. The normalized spacial score (nSPS) is 18.1. The fourth-order valence-electron chi connectivity index (χ4n) is 2.21. The van der Waals surface area contributed by atoms with E-state index in [1.54, 1.807) is 0 Å². The second kappa shape index (κ2) is 5.41. The van der Waals surface area contributed by atoms with Crippen LogP contribution >= 0.6 is 0 Å². The van der Waals surface area contributed by atoms with E-state index in [4.69, 9.17) is 5.84 Å². The van der Waals surface area contributed by atoms with E-state index in [-0.39, 0.29) is 0 Å². The first kappa shape index (κ1) is 11.6. The molecule has 1 aliphatic rings. The van der Waals surface area contributed by atoms with Crippen molar-refractivity contribution in [2.24, 2.45) is 11.8 Å². The van der Waals surface area contributed by atoms with Gasteiger partial charge in [-0.25, -0.2) is 0 Å². The van der Waals surface area contributed by atoms with E-state index < -0.39 is 0 Å². The smallest absolute Gasteiger partial charge is 0.0419 e. The minimum Gasteiger partial charge on any atom is -0.271 e. The highest BCUT2D eigenvalue weighted by molar-refractivity contribution is 5.15. The maximum Gasteiger partial charge on any atom is 0.0419 e. The van der Waals surface area contributed by atoms with Crippen LogP contribution in [0.25, 0.3) is 0 Å². The number of hydrogen-bond donors (Lipinski definition) is 2. The predicted molar refractivity (Wildman–Crippen MR) is 65.8 cm³/mol. The van der Waals surface area contributed by atoms with Crippen LogP contribution < -0.4 is 11.3 Å². The summed E-state index contributed by atoms with van der Waals surface area (Å²) >= 11 is 0. The Kier molecular flexibility index (Phi) is 3.91. The first-order valence-electron chi connectivity index (χ1n) is 6.23. The summed E-state index contributed by atoms with van der Waals surface area (Å²) < 4.78 is 0. The van der Waals surface area contributed by atoms with E-state index in [2.05, 4.69) is 29.5 Å². The number of nitrogens with zero attached hydrogens (tertiary/aromatic N) is 1. The Hall–Kier alpha value is -0.930. The minimum absolute atomic E-state index is 0.397. The molecule has 1 heterocycles. The largest absolute Gasteiger partial charge is 0.271 e. The quantitative estimate of drug-likeness (QED) is 0.586. The Morgan fingerprint density at radius 2 is 2.31 bits per heavy atom. The third-order valence-electron chi connectivity index (χ3n) is 3.66. The Morgan fingerprint density at radius 1 is 1.50 bits per heavy atom. The van der Waals surface area contributed by atoms with Crippen LogP contribution in [0.15, 0.2) is 18.3 Å². The highest BCUT2D eigenvalue weighted by atomic mass is 15.2. The zero-order chi connectivity index (χ0) is 11.4. The fraction of sp³-hybridized carbons (Fsp3) is 0.615. The van der Waals surface area contributed by atoms with Crippen molar-refractivity contribution >= 4 is 0 Å². The summed E-state index contributed by atoms with van der Waals surface area (Å²) in [6.45, 7) is 2.15. The summed E-state index contributed by atoms with van der Waals surface area (Å²) in [4.78, 5) is 4.48. The Morgan fingerprint density at radius 3 is 2.75 bits per heavy atom. The van der Waals surface area contributed by atoms with Gasteiger partial charge in [0.2, 0.25) is 0 Å². The van der Waals surface area contributed by atoms with Crippen molar-refractivity contribution in [3.8, 4) is 0 Å². The van der Waals surface area contributed by atoms with Crippen molar-refractivity contribution in [2.75, 3.05) is 0 Å². The second-order valence-electron chi connectivity index (χ2n) is 4.68. The van der Waals surface area contributed by atoms with Crippen LogP contribution in [-0.4, -0.2) is 11.0 Å². The van der Waals surface area contributed by atoms with Gasteiger partial charge in [0, 0.05) is 24.4 Å². The van der Waals surface area contributed by atoms with Crippen molar-refractivity contribution in [3.63, 3.8) is 0 Å². The summed E-state index contributed by atoms with van der Waals surface area (Å²) in [6.07, 6.45) is 7.94. The van der Waals surface area contributed by atoms with Crippen LogP contribution in [0.5, 0.6) is 0 Å². The van der Waals surface area contributed by atoms with Crippen molar-refractivity contribution in [1.82, 2.24) is 10.4 Å². The Labute approximate surface area is 97.4 Å². The third-order valence-corrected chi connectivity index (χ3v) is 3.66. The monoisotopic (exact) mass is 219 g/mol. The molecule has 0 amide bonds. The first-order chi connectivity index (χ1) is 7.83. The number of pyridine rings is 1. The van der Waals surface area contributed by atoms with Gasteiger partial charge in [-0.2, -0.15) is 0 Å². The summed E-state index contributed by atoms with van der Waals surface area (Å²) in [5.41, 5.74) is 5.38. The third kappa shape index (κ3) is 2.60. The fourth-order valence-corrected chi connectivity index (χ4v) is 2.21. The molecule has 3 heteroatoms. The van der Waals surface area contributed by atoms with Crippen molar-refractivity contribution in [1.29, 1.82) is 0 Å². The van der Waals surface area contributed by atoms with E-state index in [0.29, 0.717) is 6.04 Å². The lowest BCUT2D eigenvalue weighted by Gasteiger charge is -2.33. The highest BCUT2D eigenvalue weighted by Crippen LogP contribution is 2.30. The molecule has 0 radical (unpaired) electrons. The molecule has 0 spiro atoms. The van der Waals surface area contributed by atoms with Crippen LogP contribution in [0, 0.1) is 5.92 Å². The highest BCUT2D eigenvalue weighted by Gasteiger charge is 2.26. The van der Waals surface area contributed by atoms with E-state index in [9.17, 15) is 0 Å². The molecule has 1 saturated carbocycles. The molecule has 0 saturated heterocycles. The number of hydrazine groups is 1. The molecule has 2 rings (SSSR count). The lowest BCUT2D eigenvalue weighted by atomic mass is 9.78. The number of aromatic nitrogens is 1. The lowest BCUT2D eigenvalue weighted by molar-refractivity contribution is 0.227. The van der Waals surface area contributed by atoms with Crippen LogP contribution in [0.1, 0.15) is 37.4 Å². The molecule has 16 heavy (non-hydrogen) atoms. The number of rotatable bonds is 5. The summed E-state index contributed by atoms with van der Waals surface area (Å²) in [5, 5.41) is 0. The van der Waals surface area contributed by atoms with Gasteiger partial charge in [0.05, 0.1) is 0 Å². The molecular weight excluding hydrogens is 198 g/mol. The molecule has 3 N–H and O–H groups in total. The number of aryl methyl sites for hydroxylation is 1. The van der Waals surface area contributed by atoms with Crippen molar-refractivity contribution < 1.29 is 0 Å². The molecular formula is C13H21N3. The van der Waals surface area contributed by atoms with Crippen molar-refractivity contribution in [3.05, 3.63) is 29.6 Å². The van der Waals surface area contributed by atoms with Gasteiger partial charge in [0.25, 0.3) is 0 Å². The molecule has 0 aromatic carbocycles. The Bertz CT molecular complexity index is 316. The first-order valence-corrected chi connectivity index (χ1v) is 6.23. The van der Waals surface area contributed by atoms with E-state index in [1.807, 2.05) is 6.20 Å². The summed E-state index contributed by atoms with van der Waals surface area (Å²) in [5.74, 6) is 6.36. The van der Waals surface area contributed by atoms with E-state index >= 15 is 0 Å². The maximum absolute atomic E-state index is 5.61. The molecule has 1 aromatic rings. The molecule has 1 aromatic heterocycles. The number of hydrogen-bond acceptors (Lipinski definition) is 3. The standard InChI is InChI=1S/C13H21N3/c1-2-10-6-7-12(15-9-10)8-13(16-14)11-4-3-5-11/h6-7,9,11,13,16H,2-5,8,14H2,1H3. The van der Waals surface area contributed by atoms with Gasteiger partial charge in [-0.3, -0.25) is 16.3 Å². The molecule has 1 unspecified atom stereocenters. The topological polar surface area (TPSA) is 50.9 Å². The molecule has 0 aliphatic heterocycles. The van der Waals surface area contributed by atoms with Crippen LogP contribution in [0.4, 0.5) is 0 Å². The van der Waals surface area contributed by atoms with Gasteiger partial charge in [-0.1, -0.05) is 19.4 Å². The molecule has 1 fully saturated rings. The van der Waals surface area contributed by atoms with Crippen LogP contribution in [0.2, 0.25) is 0 Å².